The van der Waals surface area contributed by atoms with E-state index in [1.54, 1.807) is 0 Å². The average molecular weight is 281 g/mol. The van der Waals surface area contributed by atoms with Gasteiger partial charge in [-0.15, -0.1) is 0 Å². The van der Waals surface area contributed by atoms with E-state index in [4.69, 9.17) is 11.6 Å². The number of halogens is 1. The van der Waals surface area contributed by atoms with Crippen LogP contribution in [-0.4, -0.2) is 31.1 Å². The fraction of sp³-hybridized carbons (Fsp3) is 0.625. The van der Waals surface area contributed by atoms with Crippen LogP contribution in [0.15, 0.2) is 24.3 Å². The second-order valence-corrected chi connectivity index (χ2v) is 5.95. The van der Waals surface area contributed by atoms with Crippen molar-refractivity contribution in [1.29, 1.82) is 0 Å². The lowest BCUT2D eigenvalue weighted by atomic mass is 9.92. The molecule has 0 amide bonds. The number of nitrogens with one attached hydrogen (secondary N) is 1. The molecule has 1 aliphatic heterocycles. The predicted molar refractivity (Wildman–Crippen MR) is 84.0 cm³/mol. The van der Waals surface area contributed by atoms with Gasteiger partial charge in [-0.3, -0.25) is 0 Å². The van der Waals surface area contributed by atoms with Crippen LogP contribution in [0.25, 0.3) is 0 Å². The molecule has 0 bridgehead atoms. The third-order valence-corrected chi connectivity index (χ3v) is 4.22. The van der Waals surface area contributed by atoms with Gasteiger partial charge in [0.1, 0.15) is 0 Å². The summed E-state index contributed by atoms with van der Waals surface area (Å²) in [5.41, 5.74) is 1.12. The van der Waals surface area contributed by atoms with Crippen molar-refractivity contribution < 1.29 is 0 Å². The van der Waals surface area contributed by atoms with Crippen LogP contribution in [0, 0.1) is 5.92 Å². The maximum Gasteiger partial charge on any atom is 0.0426 e. The Morgan fingerprint density at radius 2 is 2.11 bits per heavy atom. The number of rotatable bonds is 6. The Morgan fingerprint density at radius 3 is 2.79 bits per heavy atom. The Hall–Kier alpha value is -0.730. The highest BCUT2D eigenvalue weighted by Crippen LogP contribution is 2.21. The van der Waals surface area contributed by atoms with Crippen LogP contribution in [-0.2, 0) is 0 Å². The van der Waals surface area contributed by atoms with E-state index in [2.05, 4.69) is 23.2 Å². The average Bonchev–Trinajstić information content (AvgIpc) is 2.41. The van der Waals surface area contributed by atoms with E-state index in [1.165, 1.54) is 38.8 Å². The standard InChI is InChI=1S/C16H25ClN2/c1-2-4-14-7-10-19(11-8-14)12-9-18-16-6-3-5-15(17)13-16/h3,5-6,13-14,18H,2,4,7-12H2,1H3. The van der Waals surface area contributed by atoms with Gasteiger partial charge in [0, 0.05) is 23.8 Å². The van der Waals surface area contributed by atoms with Crippen LogP contribution in [0.1, 0.15) is 32.6 Å². The zero-order valence-corrected chi connectivity index (χ0v) is 12.6. The fourth-order valence-electron chi connectivity index (χ4n) is 2.86. The second kappa shape index (κ2) is 7.76. The quantitative estimate of drug-likeness (QED) is 0.837. The van der Waals surface area contributed by atoms with Crippen molar-refractivity contribution in [2.45, 2.75) is 32.6 Å². The van der Waals surface area contributed by atoms with E-state index >= 15 is 0 Å². The van der Waals surface area contributed by atoms with Crippen LogP contribution in [0.2, 0.25) is 5.02 Å². The minimum Gasteiger partial charge on any atom is -0.384 e. The molecule has 3 heteroatoms. The second-order valence-electron chi connectivity index (χ2n) is 5.51. The van der Waals surface area contributed by atoms with E-state index in [0.717, 1.165) is 29.7 Å². The maximum atomic E-state index is 5.97. The molecule has 1 aliphatic rings. The summed E-state index contributed by atoms with van der Waals surface area (Å²) in [5, 5.41) is 4.24. The molecule has 0 aromatic heterocycles. The van der Waals surface area contributed by atoms with E-state index in [9.17, 15) is 0 Å². The minimum absolute atomic E-state index is 0.797. The van der Waals surface area contributed by atoms with Gasteiger partial charge in [-0.05, 0) is 50.0 Å². The molecular formula is C16H25ClN2. The molecule has 1 saturated heterocycles. The highest BCUT2D eigenvalue weighted by atomic mass is 35.5. The third-order valence-electron chi connectivity index (χ3n) is 3.99. The highest BCUT2D eigenvalue weighted by Gasteiger charge is 2.17. The lowest BCUT2D eigenvalue weighted by Gasteiger charge is -2.31. The predicted octanol–water partition coefficient (Wildman–Crippen LogP) is 4.26. The topological polar surface area (TPSA) is 15.3 Å². The minimum atomic E-state index is 0.797. The smallest absolute Gasteiger partial charge is 0.0426 e. The Balaban J connectivity index is 1.64. The maximum absolute atomic E-state index is 5.97. The van der Waals surface area contributed by atoms with Gasteiger partial charge in [0.2, 0.25) is 0 Å². The Morgan fingerprint density at radius 1 is 1.32 bits per heavy atom. The summed E-state index contributed by atoms with van der Waals surface area (Å²) < 4.78 is 0. The lowest BCUT2D eigenvalue weighted by molar-refractivity contribution is 0.184. The molecule has 0 aliphatic carbocycles. The molecule has 106 valence electrons. The van der Waals surface area contributed by atoms with Gasteiger partial charge in [-0.1, -0.05) is 37.4 Å². The largest absolute Gasteiger partial charge is 0.384 e. The van der Waals surface area contributed by atoms with Gasteiger partial charge in [0.25, 0.3) is 0 Å². The Bertz CT molecular complexity index is 373. The first kappa shape index (κ1) is 14.7. The van der Waals surface area contributed by atoms with Gasteiger partial charge in [-0.25, -0.2) is 0 Å². The number of hydrogen-bond donors (Lipinski definition) is 1. The van der Waals surface area contributed by atoms with Gasteiger partial charge < -0.3 is 10.2 Å². The van der Waals surface area contributed by atoms with E-state index in [-0.39, 0.29) is 0 Å². The van der Waals surface area contributed by atoms with E-state index < -0.39 is 0 Å². The first-order chi connectivity index (χ1) is 9.28. The fourth-order valence-corrected chi connectivity index (χ4v) is 3.05. The van der Waals surface area contributed by atoms with Crippen molar-refractivity contribution in [3.05, 3.63) is 29.3 Å². The monoisotopic (exact) mass is 280 g/mol. The molecule has 1 fully saturated rings. The number of nitrogens with zero attached hydrogens (tertiary/aromatic N) is 1. The first-order valence-corrected chi connectivity index (χ1v) is 7.87. The summed E-state index contributed by atoms with van der Waals surface area (Å²) in [5.74, 6) is 0.974. The Kier molecular flexibility index (Phi) is 5.99. The number of benzene rings is 1. The van der Waals surface area contributed by atoms with Crippen molar-refractivity contribution >= 4 is 17.3 Å². The number of anilines is 1. The zero-order chi connectivity index (χ0) is 13.5. The summed E-state index contributed by atoms with van der Waals surface area (Å²) in [6.45, 7) is 6.95. The molecule has 0 atom stereocenters. The van der Waals surface area contributed by atoms with Crippen LogP contribution in [0.3, 0.4) is 0 Å². The zero-order valence-electron chi connectivity index (χ0n) is 11.9. The SMILES string of the molecule is CCCC1CCN(CCNc2cccc(Cl)c2)CC1. The van der Waals surface area contributed by atoms with Gasteiger partial charge in [-0.2, -0.15) is 0 Å². The molecule has 1 aromatic carbocycles. The van der Waals surface area contributed by atoms with E-state index in [0.29, 0.717) is 0 Å². The molecule has 0 saturated carbocycles. The molecule has 1 heterocycles. The van der Waals surface area contributed by atoms with E-state index in [1.807, 2.05) is 18.2 Å². The molecule has 2 nitrogen and oxygen atoms in total. The van der Waals surface area contributed by atoms with Crippen molar-refractivity contribution in [1.82, 2.24) is 4.90 Å². The molecule has 0 spiro atoms. The van der Waals surface area contributed by atoms with Crippen molar-refractivity contribution in [3.8, 4) is 0 Å². The number of piperidine rings is 1. The normalized spacial score (nSPS) is 17.6. The van der Waals surface area contributed by atoms with Crippen LogP contribution in [0.5, 0.6) is 0 Å². The van der Waals surface area contributed by atoms with Gasteiger partial charge >= 0.3 is 0 Å². The van der Waals surface area contributed by atoms with Crippen LogP contribution in [0.4, 0.5) is 5.69 Å². The van der Waals surface area contributed by atoms with Crippen LogP contribution < -0.4 is 5.32 Å². The molecule has 19 heavy (non-hydrogen) atoms. The Labute approximate surface area is 122 Å². The van der Waals surface area contributed by atoms with Crippen molar-refractivity contribution in [3.63, 3.8) is 0 Å². The molecule has 0 unspecified atom stereocenters. The molecule has 1 aromatic rings. The molecule has 1 N–H and O–H groups in total. The summed E-state index contributed by atoms with van der Waals surface area (Å²) in [6, 6.07) is 7.94. The lowest BCUT2D eigenvalue weighted by Crippen LogP contribution is -2.36. The van der Waals surface area contributed by atoms with Gasteiger partial charge in [0.15, 0.2) is 0 Å². The molecule has 2 rings (SSSR count). The molecule has 0 radical (unpaired) electrons. The summed E-state index contributed by atoms with van der Waals surface area (Å²) in [6.07, 6.45) is 5.51. The van der Waals surface area contributed by atoms with Crippen molar-refractivity contribution in [2.24, 2.45) is 5.92 Å². The molecular weight excluding hydrogens is 256 g/mol. The van der Waals surface area contributed by atoms with Crippen LogP contribution >= 0.6 is 11.6 Å². The number of likely N-dealkylation sites (tertiary alicyclic amines) is 1. The summed E-state index contributed by atoms with van der Waals surface area (Å²) >= 11 is 5.97. The highest BCUT2D eigenvalue weighted by molar-refractivity contribution is 6.30. The summed E-state index contributed by atoms with van der Waals surface area (Å²) in [7, 11) is 0. The third kappa shape index (κ3) is 5.04. The summed E-state index contributed by atoms with van der Waals surface area (Å²) in [4.78, 5) is 2.57. The first-order valence-electron chi connectivity index (χ1n) is 7.49. The number of hydrogen-bond acceptors (Lipinski definition) is 2. The van der Waals surface area contributed by atoms with Gasteiger partial charge in [0.05, 0.1) is 0 Å². The van der Waals surface area contributed by atoms with Crippen molar-refractivity contribution in [2.75, 3.05) is 31.5 Å².